The van der Waals surface area contributed by atoms with E-state index in [9.17, 15) is 14.4 Å². The average molecular weight is 375 g/mol. The quantitative estimate of drug-likeness (QED) is 0.462. The van der Waals surface area contributed by atoms with E-state index in [1.165, 1.54) is 6.07 Å². The van der Waals surface area contributed by atoms with Gasteiger partial charge in [-0.05, 0) is 37.0 Å². The van der Waals surface area contributed by atoms with Crippen molar-refractivity contribution in [3.05, 3.63) is 40.2 Å². The van der Waals surface area contributed by atoms with Crippen LogP contribution in [-0.4, -0.2) is 30.1 Å². The molecule has 146 valence electrons. The zero-order chi connectivity index (χ0) is 19.6. The van der Waals surface area contributed by atoms with Gasteiger partial charge in [-0.15, -0.1) is 0 Å². The van der Waals surface area contributed by atoms with Crippen LogP contribution in [0.3, 0.4) is 0 Å². The molecule has 1 aromatic carbocycles. The Morgan fingerprint density at radius 1 is 1.19 bits per heavy atom. The fourth-order valence-corrected chi connectivity index (χ4v) is 2.78. The number of unbranched alkanes of at least 4 members (excludes halogenated alkanes) is 2. The van der Waals surface area contributed by atoms with E-state index >= 15 is 0 Å². The molecule has 0 aliphatic carbocycles. The maximum Gasteiger partial charge on any atom is 0.336 e. The van der Waals surface area contributed by atoms with Crippen LogP contribution in [0.2, 0.25) is 0 Å². The number of carbonyl (C=O) groups excluding carboxylic acids is 1. The van der Waals surface area contributed by atoms with E-state index in [1.54, 1.807) is 12.1 Å². The van der Waals surface area contributed by atoms with Crippen molar-refractivity contribution in [3.8, 4) is 5.75 Å². The fraction of sp³-hybridized carbons (Fsp3) is 0.450. The number of carboxylic acids is 1. The third-order valence-electron chi connectivity index (χ3n) is 4.08. The third-order valence-corrected chi connectivity index (χ3v) is 4.08. The second-order valence-electron chi connectivity index (χ2n) is 6.34. The van der Waals surface area contributed by atoms with Crippen LogP contribution in [0, 0.1) is 0 Å². The van der Waals surface area contributed by atoms with Gasteiger partial charge in [0.15, 0.2) is 6.61 Å². The highest BCUT2D eigenvalue weighted by atomic mass is 16.5. The summed E-state index contributed by atoms with van der Waals surface area (Å²) >= 11 is 0. The van der Waals surface area contributed by atoms with Crippen molar-refractivity contribution in [2.24, 2.45) is 0 Å². The molecule has 0 unspecified atom stereocenters. The van der Waals surface area contributed by atoms with Crippen molar-refractivity contribution in [2.75, 3.05) is 13.2 Å². The van der Waals surface area contributed by atoms with Crippen LogP contribution < -0.4 is 15.7 Å². The maximum absolute atomic E-state index is 11.8. The molecule has 7 nitrogen and oxygen atoms in total. The predicted molar refractivity (Wildman–Crippen MR) is 101 cm³/mol. The van der Waals surface area contributed by atoms with E-state index in [1.807, 2.05) is 13.0 Å². The number of rotatable bonds is 11. The van der Waals surface area contributed by atoms with Crippen LogP contribution in [-0.2, 0) is 16.0 Å². The average Bonchev–Trinajstić information content (AvgIpc) is 2.62. The van der Waals surface area contributed by atoms with Gasteiger partial charge in [-0.2, -0.15) is 0 Å². The highest BCUT2D eigenvalue weighted by Gasteiger charge is 2.08. The number of nitrogens with one attached hydrogen (secondary N) is 1. The number of aliphatic carboxylic acids is 1. The summed E-state index contributed by atoms with van der Waals surface area (Å²) in [5.74, 6) is -0.606. The largest absolute Gasteiger partial charge is 0.484 e. The van der Waals surface area contributed by atoms with Crippen LogP contribution in [0.4, 0.5) is 0 Å². The van der Waals surface area contributed by atoms with Gasteiger partial charge in [-0.3, -0.25) is 9.59 Å². The number of aryl methyl sites for hydroxylation is 1. The van der Waals surface area contributed by atoms with Crippen LogP contribution in [0.1, 0.15) is 44.6 Å². The molecule has 0 fully saturated rings. The lowest BCUT2D eigenvalue weighted by Crippen LogP contribution is -2.29. The van der Waals surface area contributed by atoms with Crippen LogP contribution in [0.15, 0.2) is 33.5 Å². The van der Waals surface area contributed by atoms with Crippen molar-refractivity contribution in [2.45, 2.75) is 45.4 Å². The Bertz CT molecular complexity index is 842. The second kappa shape index (κ2) is 10.4. The first-order valence-electron chi connectivity index (χ1n) is 9.17. The molecule has 1 amide bonds. The SMILES string of the molecule is CCCc1cc(=O)oc2cc(OCC(=O)NCCCCCC(=O)O)ccc12. The summed E-state index contributed by atoms with van der Waals surface area (Å²) in [6.07, 6.45) is 3.93. The highest BCUT2D eigenvalue weighted by Crippen LogP contribution is 2.23. The topological polar surface area (TPSA) is 106 Å². The Labute approximate surface area is 157 Å². The molecule has 2 aromatic rings. The number of amides is 1. The van der Waals surface area contributed by atoms with Gasteiger partial charge < -0.3 is 19.6 Å². The van der Waals surface area contributed by atoms with E-state index in [0.717, 1.165) is 36.6 Å². The molecule has 0 bridgehead atoms. The van der Waals surface area contributed by atoms with Crippen molar-refractivity contribution < 1.29 is 23.8 Å². The minimum absolute atomic E-state index is 0.139. The van der Waals surface area contributed by atoms with Gasteiger partial charge in [0.05, 0.1) is 0 Å². The van der Waals surface area contributed by atoms with Crippen molar-refractivity contribution in [1.29, 1.82) is 0 Å². The number of fused-ring (bicyclic) bond motifs is 1. The first kappa shape index (κ1) is 20.5. The molecule has 2 rings (SSSR count). The standard InChI is InChI=1S/C20H25NO6/c1-2-6-14-11-20(25)27-17-12-15(8-9-16(14)17)26-13-18(22)21-10-5-3-4-7-19(23)24/h8-9,11-12H,2-7,10,13H2,1H3,(H,21,22)(H,23,24). The summed E-state index contributed by atoms with van der Waals surface area (Å²) in [6, 6.07) is 6.71. The lowest BCUT2D eigenvalue weighted by Gasteiger charge is -2.09. The normalized spacial score (nSPS) is 10.7. The lowest BCUT2D eigenvalue weighted by molar-refractivity contribution is -0.137. The lowest BCUT2D eigenvalue weighted by atomic mass is 10.1. The van der Waals surface area contributed by atoms with Crippen molar-refractivity contribution >= 4 is 22.8 Å². The maximum atomic E-state index is 11.8. The van der Waals surface area contributed by atoms with E-state index in [4.69, 9.17) is 14.3 Å². The molecule has 0 aliphatic heterocycles. The van der Waals surface area contributed by atoms with Gasteiger partial charge >= 0.3 is 11.6 Å². The summed E-state index contributed by atoms with van der Waals surface area (Å²) in [5, 5.41) is 12.1. The monoisotopic (exact) mass is 375 g/mol. The van der Waals surface area contributed by atoms with Gasteiger partial charge in [0, 0.05) is 30.5 Å². The van der Waals surface area contributed by atoms with Crippen LogP contribution in [0.25, 0.3) is 11.0 Å². The molecule has 0 aliphatic rings. The molecular weight excluding hydrogens is 350 g/mol. The first-order chi connectivity index (χ1) is 13.0. The minimum Gasteiger partial charge on any atom is -0.484 e. The Morgan fingerprint density at radius 2 is 2.00 bits per heavy atom. The molecule has 0 radical (unpaired) electrons. The molecule has 0 atom stereocenters. The van der Waals surface area contributed by atoms with Crippen LogP contribution >= 0.6 is 0 Å². The zero-order valence-electron chi connectivity index (χ0n) is 15.5. The number of carboxylic acid groups (broad SMARTS) is 1. The molecular formula is C20H25NO6. The minimum atomic E-state index is -0.805. The number of hydrogen-bond donors (Lipinski definition) is 2. The Balaban J connectivity index is 1.83. The number of carbonyl (C=O) groups is 2. The summed E-state index contributed by atoms with van der Waals surface area (Å²) in [7, 11) is 0. The molecule has 0 spiro atoms. The van der Waals surface area contributed by atoms with Crippen LogP contribution in [0.5, 0.6) is 5.75 Å². The summed E-state index contributed by atoms with van der Waals surface area (Å²) in [4.78, 5) is 33.9. The van der Waals surface area contributed by atoms with E-state index < -0.39 is 11.6 Å². The zero-order valence-corrected chi connectivity index (χ0v) is 15.5. The number of ether oxygens (including phenoxy) is 1. The summed E-state index contributed by atoms with van der Waals surface area (Å²) in [5.41, 5.74) is 0.988. The van der Waals surface area contributed by atoms with Crippen molar-refractivity contribution in [1.82, 2.24) is 5.32 Å². The molecule has 27 heavy (non-hydrogen) atoms. The van der Waals surface area contributed by atoms with Crippen molar-refractivity contribution in [3.63, 3.8) is 0 Å². The summed E-state index contributed by atoms with van der Waals surface area (Å²) in [6.45, 7) is 2.39. The molecule has 7 heteroatoms. The predicted octanol–water partition coefficient (Wildman–Crippen LogP) is 2.89. The smallest absolute Gasteiger partial charge is 0.336 e. The van der Waals surface area contributed by atoms with Gasteiger partial charge in [0.2, 0.25) is 0 Å². The van der Waals surface area contributed by atoms with E-state index in [2.05, 4.69) is 5.32 Å². The van der Waals surface area contributed by atoms with Gasteiger partial charge in [-0.1, -0.05) is 19.8 Å². The first-order valence-corrected chi connectivity index (χ1v) is 9.17. The highest BCUT2D eigenvalue weighted by molar-refractivity contribution is 5.82. The fourth-order valence-electron chi connectivity index (χ4n) is 2.78. The van der Waals surface area contributed by atoms with Gasteiger partial charge in [0.1, 0.15) is 11.3 Å². The molecule has 0 saturated carbocycles. The second-order valence-corrected chi connectivity index (χ2v) is 6.34. The number of benzene rings is 1. The van der Waals surface area contributed by atoms with E-state index in [0.29, 0.717) is 24.3 Å². The van der Waals surface area contributed by atoms with E-state index in [-0.39, 0.29) is 18.9 Å². The Morgan fingerprint density at radius 3 is 2.74 bits per heavy atom. The Hall–Kier alpha value is -2.83. The molecule has 1 aromatic heterocycles. The summed E-state index contributed by atoms with van der Waals surface area (Å²) < 4.78 is 10.7. The third kappa shape index (κ3) is 6.77. The molecule has 0 saturated heterocycles. The molecule has 1 heterocycles. The van der Waals surface area contributed by atoms with Gasteiger partial charge in [-0.25, -0.2) is 4.79 Å². The molecule has 2 N–H and O–H groups in total. The number of hydrogen-bond acceptors (Lipinski definition) is 5. The van der Waals surface area contributed by atoms with Gasteiger partial charge in [0.25, 0.3) is 5.91 Å². The Kier molecular flexibility index (Phi) is 7.85.